The number of nitrogens with one attached hydrogen (secondary N) is 2. The summed E-state index contributed by atoms with van der Waals surface area (Å²) in [4.78, 5) is 4.67. The third kappa shape index (κ3) is 3.80. The van der Waals surface area contributed by atoms with Crippen LogP contribution < -0.4 is 5.32 Å². The average molecular weight is 310 g/mol. The molecule has 5 nitrogen and oxygen atoms in total. The van der Waals surface area contributed by atoms with Gasteiger partial charge in [0.1, 0.15) is 11.6 Å². The number of pyridine rings is 1. The number of nitrogens with zero attached hydrogens (tertiary/aromatic N) is 2. The van der Waals surface area contributed by atoms with Gasteiger partial charge in [-0.3, -0.25) is 5.10 Å². The van der Waals surface area contributed by atoms with Gasteiger partial charge in [-0.1, -0.05) is 12.6 Å². The zero-order valence-corrected chi connectivity index (χ0v) is 13.4. The van der Waals surface area contributed by atoms with Gasteiger partial charge in [0.25, 0.3) is 0 Å². The molecule has 0 fully saturated rings. The van der Waals surface area contributed by atoms with Crippen molar-refractivity contribution in [3.05, 3.63) is 59.3 Å². The number of rotatable bonds is 6. The van der Waals surface area contributed by atoms with E-state index in [1.165, 1.54) is 12.0 Å². The fourth-order valence-corrected chi connectivity index (χ4v) is 2.60. The number of allylic oxidation sites excluding steroid dienone is 1. The van der Waals surface area contributed by atoms with Crippen molar-refractivity contribution >= 4 is 11.9 Å². The smallest absolute Gasteiger partial charge is 0.129 e. The SMILES string of the molecule is C=C/C(=C\c1cn[nH]c1C)OCCc1ccc2c(n1)NCCC2. The summed E-state index contributed by atoms with van der Waals surface area (Å²) in [6.45, 7) is 7.36. The van der Waals surface area contributed by atoms with Crippen LogP contribution in [0.4, 0.5) is 5.82 Å². The van der Waals surface area contributed by atoms with E-state index in [2.05, 4.69) is 39.2 Å². The predicted octanol–water partition coefficient (Wildman–Crippen LogP) is 3.26. The monoisotopic (exact) mass is 310 g/mol. The fraction of sp³-hybridized carbons (Fsp3) is 0.333. The molecule has 0 amide bonds. The molecule has 0 bridgehead atoms. The third-order valence-electron chi connectivity index (χ3n) is 3.95. The Kier molecular flexibility index (Phi) is 4.76. The fourth-order valence-electron chi connectivity index (χ4n) is 2.60. The number of aromatic nitrogens is 3. The number of hydrogen-bond acceptors (Lipinski definition) is 4. The van der Waals surface area contributed by atoms with Crippen LogP contribution in [0.2, 0.25) is 0 Å². The standard InChI is InChI=1S/C18H22N4O/c1-3-17(11-15-12-20-22-13(15)2)23-10-8-16-7-6-14-5-4-9-19-18(14)21-16/h3,6-7,11-12H,1,4-5,8-10H2,2H3,(H,19,21)(H,20,22)/b17-11+. The molecule has 3 rings (SSSR count). The number of aromatic amines is 1. The predicted molar refractivity (Wildman–Crippen MR) is 92.2 cm³/mol. The van der Waals surface area contributed by atoms with E-state index < -0.39 is 0 Å². The number of fused-ring (bicyclic) bond motifs is 1. The van der Waals surface area contributed by atoms with E-state index >= 15 is 0 Å². The van der Waals surface area contributed by atoms with Crippen LogP contribution in [0.25, 0.3) is 6.08 Å². The number of anilines is 1. The van der Waals surface area contributed by atoms with Gasteiger partial charge in [0, 0.05) is 29.9 Å². The molecule has 0 unspecified atom stereocenters. The quantitative estimate of drug-likeness (QED) is 0.635. The van der Waals surface area contributed by atoms with Gasteiger partial charge in [-0.05, 0) is 43.5 Å². The van der Waals surface area contributed by atoms with Gasteiger partial charge in [-0.25, -0.2) is 4.98 Å². The summed E-state index contributed by atoms with van der Waals surface area (Å²) in [5, 5.41) is 10.3. The highest BCUT2D eigenvalue weighted by Crippen LogP contribution is 2.20. The van der Waals surface area contributed by atoms with E-state index in [4.69, 9.17) is 4.74 Å². The normalized spacial score (nSPS) is 14.0. The molecule has 120 valence electrons. The molecule has 1 aliphatic rings. The van der Waals surface area contributed by atoms with Crippen LogP contribution >= 0.6 is 0 Å². The molecule has 3 heterocycles. The minimum absolute atomic E-state index is 0.570. The van der Waals surface area contributed by atoms with Crippen molar-refractivity contribution in [3.8, 4) is 0 Å². The first-order chi connectivity index (χ1) is 11.3. The van der Waals surface area contributed by atoms with Crippen molar-refractivity contribution in [1.82, 2.24) is 15.2 Å². The Morgan fingerprint density at radius 2 is 2.35 bits per heavy atom. The van der Waals surface area contributed by atoms with E-state index in [0.717, 1.165) is 47.9 Å². The zero-order valence-electron chi connectivity index (χ0n) is 13.4. The number of aryl methyl sites for hydroxylation is 2. The summed E-state index contributed by atoms with van der Waals surface area (Å²) in [5.41, 5.74) is 4.37. The Morgan fingerprint density at radius 3 is 3.13 bits per heavy atom. The molecule has 2 aromatic rings. The lowest BCUT2D eigenvalue weighted by molar-refractivity contribution is 0.230. The van der Waals surface area contributed by atoms with Crippen molar-refractivity contribution in [2.45, 2.75) is 26.2 Å². The molecule has 0 spiro atoms. The summed E-state index contributed by atoms with van der Waals surface area (Å²) in [6.07, 6.45) is 8.49. The first-order valence-electron chi connectivity index (χ1n) is 7.96. The summed E-state index contributed by atoms with van der Waals surface area (Å²) < 4.78 is 5.81. The number of hydrogen-bond donors (Lipinski definition) is 2. The Hall–Kier alpha value is -2.56. The van der Waals surface area contributed by atoms with Gasteiger partial charge >= 0.3 is 0 Å². The molecule has 2 aromatic heterocycles. The maximum absolute atomic E-state index is 5.81. The Morgan fingerprint density at radius 1 is 1.43 bits per heavy atom. The summed E-state index contributed by atoms with van der Waals surface area (Å²) in [7, 11) is 0. The van der Waals surface area contributed by atoms with Crippen LogP contribution in [0.1, 0.15) is 28.9 Å². The highest BCUT2D eigenvalue weighted by Gasteiger charge is 2.10. The van der Waals surface area contributed by atoms with Gasteiger partial charge in [-0.15, -0.1) is 0 Å². The van der Waals surface area contributed by atoms with Crippen LogP contribution in [-0.4, -0.2) is 28.3 Å². The van der Waals surface area contributed by atoms with Crippen LogP contribution in [0, 0.1) is 6.92 Å². The maximum atomic E-state index is 5.81. The molecule has 23 heavy (non-hydrogen) atoms. The number of H-pyrrole nitrogens is 1. The molecule has 0 radical (unpaired) electrons. The molecule has 2 N–H and O–H groups in total. The van der Waals surface area contributed by atoms with Gasteiger partial charge in [0.15, 0.2) is 0 Å². The van der Waals surface area contributed by atoms with E-state index in [9.17, 15) is 0 Å². The Balaban J connectivity index is 1.59. The van der Waals surface area contributed by atoms with Crippen molar-refractivity contribution < 1.29 is 4.74 Å². The highest BCUT2D eigenvalue weighted by molar-refractivity contribution is 5.54. The van der Waals surface area contributed by atoms with E-state index in [-0.39, 0.29) is 0 Å². The van der Waals surface area contributed by atoms with Crippen LogP contribution in [0.3, 0.4) is 0 Å². The van der Waals surface area contributed by atoms with Gasteiger partial charge in [0.05, 0.1) is 12.8 Å². The van der Waals surface area contributed by atoms with Crippen LogP contribution in [0.5, 0.6) is 0 Å². The Bertz CT molecular complexity index is 718. The topological polar surface area (TPSA) is 62.8 Å². The van der Waals surface area contributed by atoms with E-state index in [0.29, 0.717) is 6.61 Å². The van der Waals surface area contributed by atoms with Crippen molar-refractivity contribution in [1.29, 1.82) is 0 Å². The lowest BCUT2D eigenvalue weighted by atomic mass is 10.1. The lowest BCUT2D eigenvalue weighted by Crippen LogP contribution is -2.14. The van der Waals surface area contributed by atoms with Crippen LogP contribution in [-0.2, 0) is 17.6 Å². The highest BCUT2D eigenvalue weighted by atomic mass is 16.5. The number of ether oxygens (including phenoxy) is 1. The molecule has 0 saturated carbocycles. The second-order valence-corrected chi connectivity index (χ2v) is 5.64. The summed E-state index contributed by atoms with van der Waals surface area (Å²) in [5.74, 6) is 1.77. The lowest BCUT2D eigenvalue weighted by Gasteiger charge is -2.17. The third-order valence-corrected chi connectivity index (χ3v) is 3.95. The second-order valence-electron chi connectivity index (χ2n) is 5.64. The first-order valence-corrected chi connectivity index (χ1v) is 7.96. The molecule has 0 atom stereocenters. The van der Waals surface area contributed by atoms with Gasteiger partial charge < -0.3 is 10.1 Å². The molecule has 0 aromatic carbocycles. The molecular formula is C18H22N4O. The van der Waals surface area contributed by atoms with Crippen molar-refractivity contribution in [2.75, 3.05) is 18.5 Å². The van der Waals surface area contributed by atoms with Crippen molar-refractivity contribution in [3.63, 3.8) is 0 Å². The molecule has 0 saturated heterocycles. The first kappa shape index (κ1) is 15.3. The maximum Gasteiger partial charge on any atom is 0.129 e. The van der Waals surface area contributed by atoms with Gasteiger partial charge in [0.2, 0.25) is 0 Å². The zero-order chi connectivity index (χ0) is 16.1. The second kappa shape index (κ2) is 7.13. The van der Waals surface area contributed by atoms with Gasteiger partial charge in [-0.2, -0.15) is 5.10 Å². The van der Waals surface area contributed by atoms with Crippen LogP contribution in [0.15, 0.2) is 36.7 Å². The summed E-state index contributed by atoms with van der Waals surface area (Å²) in [6, 6.07) is 4.26. The largest absolute Gasteiger partial charge is 0.493 e. The summed E-state index contributed by atoms with van der Waals surface area (Å²) >= 11 is 0. The average Bonchev–Trinajstić information content (AvgIpc) is 2.98. The molecule has 1 aliphatic heterocycles. The molecule has 0 aliphatic carbocycles. The molecule has 5 heteroatoms. The Labute approximate surface area is 136 Å². The van der Waals surface area contributed by atoms with Crippen molar-refractivity contribution in [2.24, 2.45) is 0 Å². The van der Waals surface area contributed by atoms with E-state index in [1.54, 1.807) is 12.3 Å². The minimum atomic E-state index is 0.570. The van der Waals surface area contributed by atoms with E-state index in [1.807, 2.05) is 13.0 Å². The minimum Gasteiger partial charge on any atom is -0.493 e. The molecular weight excluding hydrogens is 288 g/mol.